The molecule has 0 bridgehead atoms. The number of hydrogen-bond acceptors (Lipinski definition) is 2. The maximum absolute atomic E-state index is 4.40. The van der Waals surface area contributed by atoms with E-state index < -0.39 is 0 Å². The molecule has 108 valence electrons. The van der Waals surface area contributed by atoms with Gasteiger partial charge in [0, 0.05) is 31.7 Å². The van der Waals surface area contributed by atoms with Gasteiger partial charge in [-0.3, -0.25) is 4.68 Å². The average molecular weight is 466 g/mol. The zero-order valence-corrected chi connectivity index (χ0v) is 16.3. The van der Waals surface area contributed by atoms with E-state index in [0.29, 0.717) is 0 Å². The van der Waals surface area contributed by atoms with Gasteiger partial charge in [-0.05, 0) is 64.8 Å². The van der Waals surface area contributed by atoms with Crippen LogP contribution in [0, 0.1) is 0 Å². The fourth-order valence-corrected chi connectivity index (χ4v) is 4.26. The van der Waals surface area contributed by atoms with Crippen LogP contribution in [0.25, 0.3) is 0 Å². The average Bonchev–Trinajstić information content (AvgIpc) is 2.75. The normalized spacial score (nSPS) is 11.7. The lowest BCUT2D eigenvalue weighted by Gasteiger charge is -2.18. The molecule has 1 heterocycles. The molecule has 0 saturated heterocycles. The molecule has 0 fully saturated rings. The van der Waals surface area contributed by atoms with E-state index in [0.717, 1.165) is 31.2 Å². The number of hydrogen-bond donors (Lipinski definition) is 1. The first kappa shape index (κ1) is 16.0. The number of nitrogens with zero attached hydrogens (tertiary/aromatic N) is 2. The third-order valence-corrected chi connectivity index (χ3v) is 4.51. The minimum atomic E-state index is 0.0109. The molecule has 0 aliphatic carbocycles. The molecule has 1 aromatic carbocycles. The summed E-state index contributed by atoms with van der Waals surface area (Å²) in [4.78, 5) is 0. The highest BCUT2D eigenvalue weighted by atomic mass is 79.9. The standard InChI is InChI=1S/C14H16Br3N3/c1-14(2,3)20-8-9(7-19-20)6-18-13-11(16)4-10(15)5-12(13)17/h4-5,7-8,18H,6H2,1-3H3. The summed E-state index contributed by atoms with van der Waals surface area (Å²) in [6.45, 7) is 7.15. The monoisotopic (exact) mass is 463 g/mol. The molecule has 0 unspecified atom stereocenters. The van der Waals surface area contributed by atoms with Crippen molar-refractivity contribution in [1.29, 1.82) is 0 Å². The lowest BCUT2D eigenvalue weighted by atomic mass is 10.1. The maximum Gasteiger partial charge on any atom is 0.0632 e. The molecule has 3 nitrogen and oxygen atoms in total. The lowest BCUT2D eigenvalue weighted by molar-refractivity contribution is 0.355. The van der Waals surface area contributed by atoms with Crippen LogP contribution in [0.2, 0.25) is 0 Å². The maximum atomic E-state index is 4.40. The SMILES string of the molecule is CC(C)(C)n1cc(CNc2c(Br)cc(Br)cc2Br)cn1. The van der Waals surface area contributed by atoms with E-state index in [9.17, 15) is 0 Å². The van der Waals surface area contributed by atoms with Crippen LogP contribution in [0.5, 0.6) is 0 Å². The first-order chi connectivity index (χ1) is 9.27. The van der Waals surface area contributed by atoms with Crippen molar-refractivity contribution in [3.63, 3.8) is 0 Å². The Balaban J connectivity index is 2.12. The first-order valence-electron chi connectivity index (χ1n) is 6.20. The third-order valence-electron chi connectivity index (χ3n) is 2.80. The topological polar surface area (TPSA) is 29.9 Å². The van der Waals surface area contributed by atoms with E-state index >= 15 is 0 Å². The molecule has 0 aliphatic rings. The number of nitrogens with one attached hydrogen (secondary N) is 1. The summed E-state index contributed by atoms with van der Waals surface area (Å²) in [6.07, 6.45) is 3.98. The van der Waals surface area contributed by atoms with Gasteiger partial charge in [0.2, 0.25) is 0 Å². The molecule has 20 heavy (non-hydrogen) atoms. The van der Waals surface area contributed by atoms with Gasteiger partial charge in [0.1, 0.15) is 0 Å². The highest BCUT2D eigenvalue weighted by molar-refractivity contribution is 9.11. The molecule has 0 saturated carbocycles. The Morgan fingerprint density at radius 2 is 1.75 bits per heavy atom. The van der Waals surface area contributed by atoms with Crippen molar-refractivity contribution in [2.75, 3.05) is 5.32 Å². The Morgan fingerprint density at radius 1 is 1.15 bits per heavy atom. The number of halogens is 3. The van der Waals surface area contributed by atoms with Gasteiger partial charge in [0.05, 0.1) is 17.4 Å². The molecular formula is C14H16Br3N3. The fraction of sp³-hybridized carbons (Fsp3) is 0.357. The quantitative estimate of drug-likeness (QED) is 0.645. The minimum absolute atomic E-state index is 0.0109. The number of aromatic nitrogens is 2. The second-order valence-corrected chi connectivity index (χ2v) is 8.19. The number of rotatable bonds is 3. The fourth-order valence-electron chi connectivity index (χ4n) is 1.72. The smallest absolute Gasteiger partial charge is 0.0632 e. The Hall–Kier alpha value is -0.330. The van der Waals surface area contributed by atoms with Crippen molar-refractivity contribution in [2.24, 2.45) is 0 Å². The number of anilines is 1. The summed E-state index contributed by atoms with van der Waals surface area (Å²) in [5.74, 6) is 0. The zero-order chi connectivity index (χ0) is 14.9. The summed E-state index contributed by atoms with van der Waals surface area (Å²) in [5, 5.41) is 7.83. The van der Waals surface area contributed by atoms with Crippen molar-refractivity contribution < 1.29 is 0 Å². The van der Waals surface area contributed by atoms with Crippen LogP contribution >= 0.6 is 47.8 Å². The summed E-state index contributed by atoms with van der Waals surface area (Å²) >= 11 is 10.6. The summed E-state index contributed by atoms with van der Waals surface area (Å²) < 4.78 is 5.04. The van der Waals surface area contributed by atoms with Crippen molar-refractivity contribution in [3.05, 3.63) is 43.5 Å². The largest absolute Gasteiger partial charge is 0.379 e. The predicted octanol–water partition coefficient (Wildman–Crippen LogP) is 5.54. The van der Waals surface area contributed by atoms with E-state index in [4.69, 9.17) is 0 Å². The minimum Gasteiger partial charge on any atom is -0.379 e. The van der Waals surface area contributed by atoms with Gasteiger partial charge in [-0.25, -0.2) is 0 Å². The summed E-state index contributed by atoms with van der Waals surface area (Å²) in [7, 11) is 0. The van der Waals surface area contributed by atoms with Crippen LogP contribution in [0.3, 0.4) is 0 Å². The molecule has 2 rings (SSSR count). The van der Waals surface area contributed by atoms with Crippen LogP contribution in [0.15, 0.2) is 37.9 Å². The lowest BCUT2D eigenvalue weighted by Crippen LogP contribution is -2.21. The van der Waals surface area contributed by atoms with Gasteiger partial charge in [0.25, 0.3) is 0 Å². The number of benzene rings is 1. The van der Waals surface area contributed by atoms with E-state index in [2.05, 4.69) is 85.2 Å². The van der Waals surface area contributed by atoms with Crippen molar-refractivity contribution in [3.8, 4) is 0 Å². The van der Waals surface area contributed by atoms with Gasteiger partial charge in [-0.15, -0.1) is 0 Å². The molecule has 1 aromatic heterocycles. The Labute approximate surface area is 144 Å². The van der Waals surface area contributed by atoms with E-state index in [1.807, 2.05) is 23.0 Å². The molecular weight excluding hydrogens is 450 g/mol. The van der Waals surface area contributed by atoms with Gasteiger partial charge >= 0.3 is 0 Å². The van der Waals surface area contributed by atoms with E-state index in [1.165, 1.54) is 0 Å². The Morgan fingerprint density at radius 3 is 2.25 bits per heavy atom. The van der Waals surface area contributed by atoms with Crippen LogP contribution in [-0.4, -0.2) is 9.78 Å². The zero-order valence-electron chi connectivity index (χ0n) is 11.5. The highest BCUT2D eigenvalue weighted by Gasteiger charge is 2.14. The molecule has 0 spiro atoms. The third kappa shape index (κ3) is 3.86. The van der Waals surface area contributed by atoms with E-state index in [-0.39, 0.29) is 5.54 Å². The van der Waals surface area contributed by atoms with Crippen LogP contribution in [0.4, 0.5) is 5.69 Å². The van der Waals surface area contributed by atoms with Gasteiger partial charge in [0.15, 0.2) is 0 Å². The van der Waals surface area contributed by atoms with Gasteiger partial charge in [-0.1, -0.05) is 15.9 Å². The molecule has 6 heteroatoms. The highest BCUT2D eigenvalue weighted by Crippen LogP contribution is 2.34. The molecule has 0 radical (unpaired) electrons. The molecule has 0 amide bonds. The molecule has 0 atom stereocenters. The second-order valence-electron chi connectivity index (χ2n) is 5.56. The molecule has 2 aromatic rings. The Kier molecular flexibility index (Phi) is 4.97. The predicted molar refractivity (Wildman–Crippen MR) is 94.1 cm³/mol. The van der Waals surface area contributed by atoms with Crippen molar-refractivity contribution in [1.82, 2.24) is 9.78 Å². The summed E-state index contributed by atoms with van der Waals surface area (Å²) in [5.41, 5.74) is 2.20. The van der Waals surface area contributed by atoms with Crippen LogP contribution in [-0.2, 0) is 12.1 Å². The van der Waals surface area contributed by atoms with Crippen LogP contribution in [0.1, 0.15) is 26.3 Å². The van der Waals surface area contributed by atoms with Gasteiger partial charge in [-0.2, -0.15) is 5.10 Å². The Bertz CT molecular complexity index is 591. The van der Waals surface area contributed by atoms with Gasteiger partial charge < -0.3 is 5.32 Å². The molecule has 1 N–H and O–H groups in total. The van der Waals surface area contributed by atoms with Crippen molar-refractivity contribution >= 4 is 53.5 Å². The van der Waals surface area contributed by atoms with Crippen molar-refractivity contribution in [2.45, 2.75) is 32.9 Å². The van der Waals surface area contributed by atoms with E-state index in [1.54, 1.807) is 0 Å². The van der Waals surface area contributed by atoms with Crippen LogP contribution < -0.4 is 5.32 Å². The second kappa shape index (κ2) is 6.20. The molecule has 0 aliphatic heterocycles. The first-order valence-corrected chi connectivity index (χ1v) is 8.58. The summed E-state index contributed by atoms with van der Waals surface area (Å²) in [6, 6.07) is 4.04.